The molecule has 0 aliphatic heterocycles. The Kier molecular flexibility index (Phi) is 6.40. The minimum absolute atomic E-state index is 1.29. The van der Waals surface area contributed by atoms with Crippen molar-refractivity contribution in [1.29, 1.82) is 0 Å². The summed E-state index contributed by atoms with van der Waals surface area (Å²) in [6.07, 6.45) is 12.4. The van der Waals surface area contributed by atoms with Crippen molar-refractivity contribution < 1.29 is 0 Å². The second-order valence-electron chi connectivity index (χ2n) is 1.80. The zero-order valence-corrected chi connectivity index (χ0v) is 7.61. The predicted octanol–water partition coefficient (Wildman–Crippen LogP) is 3.39. The molecule has 0 bridgehead atoms. The minimum atomic E-state index is 1.29. The van der Waals surface area contributed by atoms with Gasteiger partial charge in [-0.2, -0.15) is 0 Å². The summed E-state index contributed by atoms with van der Waals surface area (Å²) in [6, 6.07) is 0. The van der Waals surface area contributed by atoms with Crippen LogP contribution in [0.25, 0.3) is 0 Å². The Balaban J connectivity index is 4.04. The van der Waals surface area contributed by atoms with Crippen molar-refractivity contribution in [1.82, 2.24) is 0 Å². The maximum absolute atomic E-state index is 2.10. The Hall–Kier alpha value is -0.430. The van der Waals surface area contributed by atoms with Crippen LogP contribution in [0.1, 0.15) is 13.8 Å². The number of rotatable bonds is 3. The molecule has 0 N–H and O–H groups in total. The molecule has 0 nitrogen and oxygen atoms in total. The predicted molar refractivity (Wildman–Crippen MR) is 51.2 cm³/mol. The van der Waals surface area contributed by atoms with E-state index in [0.29, 0.717) is 0 Å². The summed E-state index contributed by atoms with van der Waals surface area (Å²) in [5.41, 5.74) is 0. The third-order valence-electron chi connectivity index (χ3n) is 1.02. The van der Waals surface area contributed by atoms with Crippen LogP contribution >= 0.6 is 11.8 Å². The summed E-state index contributed by atoms with van der Waals surface area (Å²) in [4.78, 5) is 1.29. The third kappa shape index (κ3) is 4.45. The first-order chi connectivity index (χ1) is 4.85. The van der Waals surface area contributed by atoms with Gasteiger partial charge in [-0.1, -0.05) is 24.3 Å². The first-order valence-electron chi connectivity index (χ1n) is 3.34. The molecule has 0 aliphatic carbocycles. The summed E-state index contributed by atoms with van der Waals surface area (Å²) >= 11 is 1.76. The molecular weight excluding hydrogens is 140 g/mol. The fourth-order valence-electron chi connectivity index (χ4n) is 0.547. The highest BCUT2D eigenvalue weighted by Gasteiger charge is 1.82. The van der Waals surface area contributed by atoms with Gasteiger partial charge in [-0.15, -0.1) is 11.8 Å². The van der Waals surface area contributed by atoms with Crippen LogP contribution in [-0.4, -0.2) is 6.26 Å². The molecule has 10 heavy (non-hydrogen) atoms. The van der Waals surface area contributed by atoms with Crippen LogP contribution in [0.5, 0.6) is 0 Å². The lowest BCUT2D eigenvalue weighted by Gasteiger charge is -1.91. The molecule has 0 saturated carbocycles. The lowest BCUT2D eigenvalue weighted by Crippen LogP contribution is -1.64. The zero-order chi connectivity index (χ0) is 7.82. The molecule has 0 aromatic heterocycles. The van der Waals surface area contributed by atoms with Crippen LogP contribution in [0.4, 0.5) is 0 Å². The van der Waals surface area contributed by atoms with Gasteiger partial charge >= 0.3 is 0 Å². The molecule has 0 radical (unpaired) electrons. The minimum Gasteiger partial charge on any atom is -0.130 e. The van der Waals surface area contributed by atoms with Crippen molar-refractivity contribution in [2.75, 3.05) is 6.26 Å². The van der Waals surface area contributed by atoms with Gasteiger partial charge in [0.1, 0.15) is 0 Å². The fraction of sp³-hybridized carbons (Fsp3) is 0.333. The first kappa shape index (κ1) is 9.57. The van der Waals surface area contributed by atoms with Crippen molar-refractivity contribution in [2.45, 2.75) is 13.8 Å². The number of thioether (sulfide) groups is 1. The molecule has 1 heteroatoms. The lowest BCUT2D eigenvalue weighted by atomic mass is 10.4. The summed E-state index contributed by atoms with van der Waals surface area (Å²) < 4.78 is 0. The molecular formula is C9H14S. The van der Waals surface area contributed by atoms with E-state index >= 15 is 0 Å². The van der Waals surface area contributed by atoms with Gasteiger partial charge in [0, 0.05) is 4.91 Å². The molecule has 0 unspecified atom stereocenters. The molecule has 0 amide bonds. The van der Waals surface area contributed by atoms with E-state index < -0.39 is 0 Å². The molecule has 56 valence electrons. The van der Waals surface area contributed by atoms with Crippen LogP contribution in [-0.2, 0) is 0 Å². The normalized spacial score (nSPS) is 13.7. The van der Waals surface area contributed by atoms with E-state index in [1.165, 1.54) is 4.91 Å². The largest absolute Gasteiger partial charge is 0.130 e. The topological polar surface area (TPSA) is 0 Å². The van der Waals surface area contributed by atoms with Crippen molar-refractivity contribution in [2.24, 2.45) is 0 Å². The molecule has 0 aromatic carbocycles. The Morgan fingerprint density at radius 1 is 1.20 bits per heavy atom. The van der Waals surface area contributed by atoms with Crippen molar-refractivity contribution in [3.8, 4) is 0 Å². The van der Waals surface area contributed by atoms with E-state index in [2.05, 4.69) is 18.4 Å². The van der Waals surface area contributed by atoms with Crippen molar-refractivity contribution in [3.63, 3.8) is 0 Å². The third-order valence-corrected chi connectivity index (χ3v) is 1.76. The van der Waals surface area contributed by atoms with Crippen molar-refractivity contribution >= 4 is 11.8 Å². The monoisotopic (exact) mass is 154 g/mol. The summed E-state index contributed by atoms with van der Waals surface area (Å²) in [5, 5.41) is 0. The van der Waals surface area contributed by atoms with Crippen molar-refractivity contribution in [3.05, 3.63) is 35.3 Å². The average Bonchev–Trinajstić information content (AvgIpc) is 1.98. The number of hydrogen-bond acceptors (Lipinski definition) is 1. The van der Waals surface area contributed by atoms with Gasteiger partial charge in [-0.05, 0) is 26.2 Å². The van der Waals surface area contributed by atoms with Gasteiger partial charge in [-0.25, -0.2) is 0 Å². The molecule has 0 aromatic rings. The van der Waals surface area contributed by atoms with E-state index in [0.717, 1.165) is 0 Å². The molecule has 0 aliphatic rings. The van der Waals surface area contributed by atoms with E-state index in [1.54, 1.807) is 11.8 Å². The van der Waals surface area contributed by atoms with E-state index in [4.69, 9.17) is 0 Å². The van der Waals surface area contributed by atoms with Gasteiger partial charge in [0.15, 0.2) is 0 Å². The van der Waals surface area contributed by atoms with E-state index in [9.17, 15) is 0 Å². The maximum Gasteiger partial charge on any atom is 0.00657 e. The zero-order valence-electron chi connectivity index (χ0n) is 6.79. The van der Waals surface area contributed by atoms with Gasteiger partial charge in [0.05, 0.1) is 0 Å². The van der Waals surface area contributed by atoms with Gasteiger partial charge in [-0.3, -0.25) is 0 Å². The Bertz CT molecular complexity index is 152. The van der Waals surface area contributed by atoms with Gasteiger partial charge in [0.25, 0.3) is 0 Å². The summed E-state index contributed by atoms with van der Waals surface area (Å²) in [7, 11) is 0. The molecule has 0 spiro atoms. The van der Waals surface area contributed by atoms with E-state index in [-0.39, 0.29) is 0 Å². The van der Waals surface area contributed by atoms with Crippen LogP contribution < -0.4 is 0 Å². The molecule has 0 atom stereocenters. The SMILES string of the molecule is CC=C/C=C(\C=C/C)SC. The molecule has 0 saturated heterocycles. The first-order valence-corrected chi connectivity index (χ1v) is 4.57. The van der Waals surface area contributed by atoms with Crippen LogP contribution in [0.3, 0.4) is 0 Å². The maximum atomic E-state index is 2.10. The second-order valence-corrected chi connectivity index (χ2v) is 2.68. The van der Waals surface area contributed by atoms with Crippen LogP contribution in [0.15, 0.2) is 35.3 Å². The summed E-state index contributed by atoms with van der Waals surface area (Å²) in [5.74, 6) is 0. The lowest BCUT2D eigenvalue weighted by molar-refractivity contribution is 1.69. The highest BCUT2D eigenvalue weighted by molar-refractivity contribution is 8.02. The smallest absolute Gasteiger partial charge is 0.00657 e. The highest BCUT2D eigenvalue weighted by atomic mass is 32.2. The quantitative estimate of drug-likeness (QED) is 0.561. The standard InChI is InChI=1S/C9H14S/c1-4-6-8-9(10-3)7-5-2/h4-8H,1-3H3/b6-4?,7-5-,9-8+. The number of hydrogen-bond donors (Lipinski definition) is 0. The van der Waals surface area contributed by atoms with Crippen LogP contribution in [0, 0.1) is 0 Å². The Labute approximate surface area is 67.7 Å². The van der Waals surface area contributed by atoms with Gasteiger partial charge in [0.2, 0.25) is 0 Å². The molecule has 0 rings (SSSR count). The Morgan fingerprint density at radius 3 is 2.30 bits per heavy atom. The fourth-order valence-corrected chi connectivity index (χ4v) is 1.03. The second kappa shape index (κ2) is 6.69. The average molecular weight is 154 g/mol. The molecule has 0 fully saturated rings. The Morgan fingerprint density at radius 2 is 1.90 bits per heavy atom. The number of allylic oxidation sites excluding steroid dienone is 5. The highest BCUT2D eigenvalue weighted by Crippen LogP contribution is 2.12. The van der Waals surface area contributed by atoms with E-state index in [1.807, 2.05) is 32.1 Å². The molecule has 0 heterocycles. The summed E-state index contributed by atoms with van der Waals surface area (Å²) in [6.45, 7) is 4.05. The van der Waals surface area contributed by atoms with Crippen LogP contribution in [0.2, 0.25) is 0 Å². The van der Waals surface area contributed by atoms with Gasteiger partial charge < -0.3 is 0 Å².